The van der Waals surface area contributed by atoms with Gasteiger partial charge in [-0.05, 0) is 18.6 Å². The topological polar surface area (TPSA) is 26.0 Å². The van der Waals surface area contributed by atoms with Crippen LogP contribution in [-0.2, 0) is 0 Å². The Morgan fingerprint density at radius 1 is 1.27 bits per heavy atom. The number of rotatable bonds is 3. The fourth-order valence-electron chi connectivity index (χ4n) is 1.18. The van der Waals surface area contributed by atoms with Crippen LogP contribution in [-0.4, -0.2) is 0 Å². The molecule has 0 aliphatic heterocycles. The number of hydrogen-bond acceptors (Lipinski definition) is 1. The average Bonchev–Trinajstić information content (AvgIpc) is 2.13. The second-order valence-corrected chi connectivity index (χ2v) is 4.08. The van der Waals surface area contributed by atoms with Crippen molar-refractivity contribution in [3.05, 3.63) is 45.4 Å². The second-order valence-electron chi connectivity index (χ2n) is 2.89. The van der Waals surface area contributed by atoms with Crippen molar-refractivity contribution >= 4 is 47.2 Å². The number of halogens is 4. The molecular weight excluding hydrogens is 276 g/mol. The number of nitrogens with two attached hydrogens (primary N) is 1. The lowest BCUT2D eigenvalue weighted by atomic mass is 10.0. The van der Waals surface area contributed by atoms with Crippen LogP contribution >= 0.6 is 47.2 Å². The van der Waals surface area contributed by atoms with Gasteiger partial charge in [-0.3, -0.25) is 0 Å². The van der Waals surface area contributed by atoms with Crippen molar-refractivity contribution in [3.63, 3.8) is 0 Å². The predicted octanol–water partition coefficient (Wildman–Crippen LogP) is 4.64. The standard InChI is InChI=1S/C10H10Cl3N.ClH/c1-2-3-8(14)9-6(11)4-5-7(12)10(9)13;/h2,4-5,8H,1,3,14H2;1H/t8-;/m0./s1. The summed E-state index contributed by atoms with van der Waals surface area (Å²) < 4.78 is 0. The van der Waals surface area contributed by atoms with Gasteiger partial charge in [0.25, 0.3) is 0 Å². The van der Waals surface area contributed by atoms with Crippen LogP contribution in [0.25, 0.3) is 0 Å². The highest BCUT2D eigenvalue weighted by atomic mass is 35.5. The first kappa shape index (κ1) is 15.1. The highest BCUT2D eigenvalue weighted by Crippen LogP contribution is 2.35. The zero-order valence-corrected chi connectivity index (χ0v) is 10.9. The van der Waals surface area contributed by atoms with Crippen molar-refractivity contribution in [2.75, 3.05) is 0 Å². The highest BCUT2D eigenvalue weighted by Gasteiger charge is 2.15. The Kier molecular flexibility index (Phi) is 6.65. The fraction of sp³-hybridized carbons (Fsp3) is 0.200. The number of hydrogen-bond donors (Lipinski definition) is 1. The summed E-state index contributed by atoms with van der Waals surface area (Å²) in [6.45, 7) is 3.61. The minimum Gasteiger partial charge on any atom is -0.324 e. The Labute approximate surface area is 111 Å². The van der Waals surface area contributed by atoms with E-state index in [-0.39, 0.29) is 18.4 Å². The molecule has 0 radical (unpaired) electrons. The summed E-state index contributed by atoms with van der Waals surface area (Å²) in [5.74, 6) is 0. The quantitative estimate of drug-likeness (QED) is 0.635. The summed E-state index contributed by atoms with van der Waals surface area (Å²) in [5.41, 5.74) is 6.56. The molecular formula is C10H11Cl4N. The Morgan fingerprint density at radius 3 is 2.33 bits per heavy atom. The summed E-state index contributed by atoms with van der Waals surface area (Å²) in [7, 11) is 0. The van der Waals surface area contributed by atoms with Crippen molar-refractivity contribution < 1.29 is 0 Å². The number of benzene rings is 1. The van der Waals surface area contributed by atoms with Gasteiger partial charge in [0.2, 0.25) is 0 Å². The largest absolute Gasteiger partial charge is 0.324 e. The fourth-order valence-corrected chi connectivity index (χ4v) is 2.00. The van der Waals surface area contributed by atoms with Gasteiger partial charge in [-0.25, -0.2) is 0 Å². The van der Waals surface area contributed by atoms with Gasteiger partial charge in [0.05, 0.1) is 10.0 Å². The maximum absolute atomic E-state index is 6.00. The normalized spacial score (nSPS) is 11.7. The maximum Gasteiger partial charge on any atom is 0.0655 e. The highest BCUT2D eigenvalue weighted by molar-refractivity contribution is 6.44. The van der Waals surface area contributed by atoms with E-state index in [1.54, 1.807) is 18.2 Å². The maximum atomic E-state index is 6.00. The molecule has 5 heteroatoms. The van der Waals surface area contributed by atoms with Crippen LogP contribution in [0.5, 0.6) is 0 Å². The molecule has 0 bridgehead atoms. The van der Waals surface area contributed by atoms with E-state index in [2.05, 4.69) is 6.58 Å². The first-order chi connectivity index (χ1) is 6.57. The van der Waals surface area contributed by atoms with Gasteiger partial charge < -0.3 is 5.73 Å². The zero-order chi connectivity index (χ0) is 10.7. The molecule has 0 heterocycles. The Balaban J connectivity index is 0.00000196. The molecule has 84 valence electrons. The van der Waals surface area contributed by atoms with Crippen molar-refractivity contribution in [1.29, 1.82) is 0 Å². The van der Waals surface area contributed by atoms with Gasteiger partial charge >= 0.3 is 0 Å². The minimum atomic E-state index is -0.258. The molecule has 0 fully saturated rings. The molecule has 0 saturated heterocycles. The van der Waals surface area contributed by atoms with E-state index < -0.39 is 0 Å². The average molecular weight is 287 g/mol. The van der Waals surface area contributed by atoms with Gasteiger partial charge in [-0.15, -0.1) is 19.0 Å². The minimum absolute atomic E-state index is 0. The summed E-state index contributed by atoms with van der Waals surface area (Å²) in [6, 6.07) is 3.08. The van der Waals surface area contributed by atoms with Crippen LogP contribution in [0.15, 0.2) is 24.8 Å². The van der Waals surface area contributed by atoms with Crippen LogP contribution in [0.4, 0.5) is 0 Å². The molecule has 0 amide bonds. The van der Waals surface area contributed by atoms with Gasteiger partial charge in [0.1, 0.15) is 0 Å². The van der Waals surface area contributed by atoms with E-state index in [0.29, 0.717) is 27.1 Å². The smallest absolute Gasteiger partial charge is 0.0655 e. The van der Waals surface area contributed by atoms with Crippen molar-refractivity contribution in [2.24, 2.45) is 5.73 Å². The van der Waals surface area contributed by atoms with E-state index in [1.807, 2.05) is 0 Å². The molecule has 1 aromatic carbocycles. The first-order valence-corrected chi connectivity index (χ1v) is 5.21. The van der Waals surface area contributed by atoms with E-state index >= 15 is 0 Å². The molecule has 1 rings (SSSR count). The molecule has 1 nitrogen and oxygen atoms in total. The summed E-state index contributed by atoms with van der Waals surface area (Å²) in [6.07, 6.45) is 2.33. The van der Waals surface area contributed by atoms with E-state index in [1.165, 1.54) is 0 Å². The summed E-state index contributed by atoms with van der Waals surface area (Å²) >= 11 is 17.8. The molecule has 0 aromatic heterocycles. The second kappa shape index (κ2) is 6.62. The SMILES string of the molecule is C=CC[C@H](N)c1c(Cl)ccc(Cl)c1Cl.Cl. The lowest BCUT2D eigenvalue weighted by Gasteiger charge is -2.14. The first-order valence-electron chi connectivity index (χ1n) is 4.07. The summed E-state index contributed by atoms with van der Waals surface area (Å²) in [4.78, 5) is 0. The monoisotopic (exact) mass is 285 g/mol. The van der Waals surface area contributed by atoms with Crippen LogP contribution < -0.4 is 5.73 Å². The Bertz CT molecular complexity index is 352. The van der Waals surface area contributed by atoms with Crippen LogP contribution in [0.2, 0.25) is 15.1 Å². The third-order valence-electron chi connectivity index (χ3n) is 1.87. The zero-order valence-electron chi connectivity index (χ0n) is 7.84. The van der Waals surface area contributed by atoms with Crippen LogP contribution in [0.1, 0.15) is 18.0 Å². The van der Waals surface area contributed by atoms with Crippen LogP contribution in [0.3, 0.4) is 0 Å². The molecule has 1 atom stereocenters. The third kappa shape index (κ3) is 3.54. The molecule has 15 heavy (non-hydrogen) atoms. The Hall–Kier alpha value is 0.0800. The predicted molar refractivity (Wildman–Crippen MR) is 70.5 cm³/mol. The lowest BCUT2D eigenvalue weighted by Crippen LogP contribution is -2.10. The van der Waals surface area contributed by atoms with Crippen molar-refractivity contribution in [1.82, 2.24) is 0 Å². The molecule has 0 saturated carbocycles. The molecule has 0 spiro atoms. The lowest BCUT2D eigenvalue weighted by molar-refractivity contribution is 0.742. The molecule has 0 unspecified atom stereocenters. The van der Waals surface area contributed by atoms with E-state index in [0.717, 1.165) is 0 Å². The molecule has 0 aliphatic rings. The van der Waals surface area contributed by atoms with Gasteiger partial charge in [-0.1, -0.05) is 40.9 Å². The van der Waals surface area contributed by atoms with Gasteiger partial charge in [-0.2, -0.15) is 0 Å². The van der Waals surface area contributed by atoms with Gasteiger partial charge in [0, 0.05) is 16.6 Å². The van der Waals surface area contributed by atoms with Crippen LogP contribution in [0, 0.1) is 0 Å². The molecule has 2 N–H and O–H groups in total. The van der Waals surface area contributed by atoms with E-state index in [9.17, 15) is 0 Å². The molecule has 1 aromatic rings. The Morgan fingerprint density at radius 2 is 1.80 bits per heavy atom. The summed E-state index contributed by atoms with van der Waals surface area (Å²) in [5, 5.41) is 1.42. The van der Waals surface area contributed by atoms with Crippen molar-refractivity contribution in [3.8, 4) is 0 Å². The van der Waals surface area contributed by atoms with Gasteiger partial charge in [0.15, 0.2) is 0 Å². The van der Waals surface area contributed by atoms with Crippen molar-refractivity contribution in [2.45, 2.75) is 12.5 Å². The third-order valence-corrected chi connectivity index (χ3v) is 3.02. The molecule has 0 aliphatic carbocycles. The van der Waals surface area contributed by atoms with E-state index in [4.69, 9.17) is 40.5 Å².